The van der Waals surface area contributed by atoms with Gasteiger partial charge >= 0.3 is 17.1 Å². The summed E-state index contributed by atoms with van der Waals surface area (Å²) in [5.41, 5.74) is 5.78. The minimum absolute atomic E-state index is 0. The average molecular weight is 664 g/mol. The van der Waals surface area contributed by atoms with E-state index in [4.69, 9.17) is 39.9 Å². The molecule has 7 aromatic rings. The van der Waals surface area contributed by atoms with Gasteiger partial charge in [-0.3, -0.25) is 0 Å². The first-order valence-electron chi connectivity index (χ1n) is 15.7. The summed E-state index contributed by atoms with van der Waals surface area (Å²) in [6.45, 7) is 8.50. The molecule has 0 unspecified atom stereocenters. The number of benzene rings is 4. The van der Waals surface area contributed by atoms with Gasteiger partial charge in [-0.25, -0.2) is 9.97 Å². The molecule has 2 aliphatic heterocycles. The number of rotatable bonds is 0. The predicted octanol–water partition coefficient (Wildman–Crippen LogP) is 8.96. The van der Waals surface area contributed by atoms with Crippen molar-refractivity contribution in [1.82, 2.24) is 39.9 Å². The van der Waals surface area contributed by atoms with Crippen molar-refractivity contribution in [2.24, 2.45) is 0 Å². The zero-order valence-corrected chi connectivity index (χ0v) is 27.5. The minimum atomic E-state index is 0. The van der Waals surface area contributed by atoms with Crippen molar-refractivity contribution in [2.45, 2.75) is 40.5 Å². The van der Waals surface area contributed by atoms with Crippen molar-refractivity contribution < 1.29 is 17.1 Å². The first kappa shape index (κ1) is 31.7. The molecule has 235 valence electrons. The summed E-state index contributed by atoms with van der Waals surface area (Å²) in [7, 11) is 0. The Kier molecular flexibility index (Phi) is 9.20. The number of nitrogens with zero attached hydrogens (tertiary/aromatic N) is 8. The summed E-state index contributed by atoms with van der Waals surface area (Å²) >= 11 is 0. The minimum Gasteiger partial charge on any atom is -0.357 e. The second-order valence-electron chi connectivity index (χ2n) is 11.1. The standard InChI is InChI=1S/C32H16N8.2C3H8.Cu/c1-2-10-18-17(9-1)25-33-26(18)38-28-21-13-5-6-14-22(21)30(35-28)40-32-24-16-8-7-15-23(24)31(36-32)39-29-20-12-4-3-11-19(20)27(34-29)37-25;2*1-3-2;/h1-16H;2*3H2,1-2H3;/q-2;;;+2. The maximum Gasteiger partial charge on any atom is 2.00 e. The molecule has 5 heterocycles. The maximum absolute atomic E-state index is 4.95. The van der Waals surface area contributed by atoms with E-state index < -0.39 is 0 Å². The molecule has 3 aromatic heterocycles. The van der Waals surface area contributed by atoms with Gasteiger partial charge in [0.25, 0.3) is 0 Å². The van der Waals surface area contributed by atoms with Gasteiger partial charge in [0.2, 0.25) is 0 Å². The predicted molar refractivity (Wildman–Crippen MR) is 186 cm³/mol. The number of fused-ring (bicyclic) bond motifs is 20. The zero-order chi connectivity index (χ0) is 31.6. The fourth-order valence-corrected chi connectivity index (χ4v) is 5.46. The first-order chi connectivity index (χ1) is 22.6. The van der Waals surface area contributed by atoms with Gasteiger partial charge < -0.3 is 29.9 Å². The molecule has 9 heteroatoms. The van der Waals surface area contributed by atoms with Gasteiger partial charge in [0, 0.05) is 44.8 Å². The Morgan fingerprint density at radius 3 is 0.809 bits per heavy atom. The largest absolute Gasteiger partial charge is 2.00 e. The Balaban J connectivity index is 0.000000516. The van der Waals surface area contributed by atoms with E-state index in [1.54, 1.807) is 0 Å². The Morgan fingerprint density at radius 1 is 0.362 bits per heavy atom. The van der Waals surface area contributed by atoms with Crippen molar-refractivity contribution in [2.75, 3.05) is 0 Å². The molecule has 4 aromatic carbocycles. The quantitative estimate of drug-likeness (QED) is 0.148. The fraction of sp³-hybridized carbons (Fsp3) is 0.158. The van der Waals surface area contributed by atoms with Gasteiger partial charge in [0.1, 0.15) is 0 Å². The van der Waals surface area contributed by atoms with E-state index in [2.05, 4.69) is 27.7 Å². The number of aromatic nitrogens is 8. The van der Waals surface area contributed by atoms with Crippen LogP contribution in [0.15, 0.2) is 97.1 Å². The van der Waals surface area contributed by atoms with E-state index in [9.17, 15) is 0 Å². The van der Waals surface area contributed by atoms with Gasteiger partial charge in [-0.1, -0.05) is 138 Å². The number of hydrogen-bond acceptors (Lipinski definition) is 6. The Bertz CT molecular complexity index is 2070. The molecule has 0 spiro atoms. The fourth-order valence-electron chi connectivity index (χ4n) is 5.46. The van der Waals surface area contributed by atoms with E-state index in [1.807, 2.05) is 97.1 Å². The summed E-state index contributed by atoms with van der Waals surface area (Å²) < 4.78 is 0. The molecule has 9 rings (SSSR count). The van der Waals surface area contributed by atoms with Crippen LogP contribution >= 0.6 is 0 Å². The van der Waals surface area contributed by atoms with Gasteiger partial charge in [0.15, 0.2) is 0 Å². The molecule has 1 radical (unpaired) electrons. The van der Waals surface area contributed by atoms with Crippen LogP contribution in [0.2, 0.25) is 0 Å². The topological polar surface area (TPSA) is 106 Å². The van der Waals surface area contributed by atoms with Crippen LogP contribution in [0, 0.1) is 0 Å². The zero-order valence-electron chi connectivity index (χ0n) is 26.5. The third-order valence-corrected chi connectivity index (χ3v) is 7.33. The molecule has 0 fully saturated rings. The van der Waals surface area contributed by atoms with Crippen LogP contribution in [0.25, 0.3) is 89.7 Å². The van der Waals surface area contributed by atoms with Crippen LogP contribution in [0.3, 0.4) is 0 Å². The molecule has 0 saturated carbocycles. The molecular formula is C38H32CuN8. The third kappa shape index (κ3) is 5.80. The van der Waals surface area contributed by atoms with Crippen molar-refractivity contribution in [1.29, 1.82) is 0 Å². The van der Waals surface area contributed by atoms with Crippen LogP contribution in [-0.2, 0) is 17.1 Å². The monoisotopic (exact) mass is 663 g/mol. The van der Waals surface area contributed by atoms with E-state index in [1.165, 1.54) is 12.8 Å². The van der Waals surface area contributed by atoms with Gasteiger partial charge in [-0.15, -0.1) is 0 Å². The van der Waals surface area contributed by atoms with Gasteiger partial charge in [0.05, 0.1) is 23.3 Å². The van der Waals surface area contributed by atoms with Crippen LogP contribution in [0.5, 0.6) is 0 Å². The maximum atomic E-state index is 4.95. The molecule has 0 saturated heterocycles. The normalized spacial score (nSPS) is 11.0. The van der Waals surface area contributed by atoms with Crippen LogP contribution in [0.4, 0.5) is 0 Å². The smallest absolute Gasteiger partial charge is 0.357 e. The average Bonchev–Trinajstić information content (AvgIpc) is 3.81. The van der Waals surface area contributed by atoms with Crippen molar-refractivity contribution >= 4 is 44.1 Å². The summed E-state index contributed by atoms with van der Waals surface area (Å²) in [5.74, 6) is 2.21. The number of hydrogen-bond donors (Lipinski definition) is 0. The molecule has 0 amide bonds. The Hall–Kier alpha value is -5.24. The third-order valence-electron chi connectivity index (χ3n) is 7.33. The molecule has 2 aliphatic rings. The summed E-state index contributed by atoms with van der Waals surface area (Å²) in [5, 5.41) is 3.57. The second-order valence-corrected chi connectivity index (χ2v) is 11.1. The molecule has 0 aliphatic carbocycles. The second kappa shape index (κ2) is 13.6. The van der Waals surface area contributed by atoms with Crippen LogP contribution < -0.4 is 9.97 Å². The molecule has 0 N–H and O–H groups in total. The summed E-state index contributed by atoms with van der Waals surface area (Å²) in [6, 6.07) is 31.8. The molecule has 0 atom stereocenters. The van der Waals surface area contributed by atoms with E-state index in [0.717, 1.165) is 43.8 Å². The summed E-state index contributed by atoms with van der Waals surface area (Å²) in [6.07, 6.45) is 2.50. The van der Waals surface area contributed by atoms with E-state index in [0.29, 0.717) is 45.9 Å². The summed E-state index contributed by atoms with van der Waals surface area (Å²) in [4.78, 5) is 39.3. The van der Waals surface area contributed by atoms with Crippen LogP contribution in [-0.4, -0.2) is 29.9 Å². The molecule has 8 bridgehead atoms. The molecule has 8 nitrogen and oxygen atoms in total. The molecule has 47 heavy (non-hydrogen) atoms. The van der Waals surface area contributed by atoms with Crippen molar-refractivity contribution in [3.63, 3.8) is 0 Å². The molecular weight excluding hydrogens is 632 g/mol. The SMILES string of the molecule is CCC.CCC.[Cu+2].c1ccc2c(c1)-c1nc-2nc2[n-]c(nc3nc(nc4[n-]c(n1)c1ccccc41)-c1ccccc1-3)c1ccccc21. The van der Waals surface area contributed by atoms with Gasteiger partial charge in [-0.05, 0) is 21.5 Å². The Morgan fingerprint density at radius 2 is 0.574 bits per heavy atom. The van der Waals surface area contributed by atoms with Crippen molar-refractivity contribution in [3.8, 4) is 45.6 Å². The van der Waals surface area contributed by atoms with Crippen molar-refractivity contribution in [3.05, 3.63) is 97.1 Å². The first-order valence-corrected chi connectivity index (χ1v) is 15.7. The Labute approximate surface area is 283 Å². The van der Waals surface area contributed by atoms with E-state index in [-0.39, 0.29) is 17.1 Å². The van der Waals surface area contributed by atoms with Gasteiger partial charge in [-0.2, -0.15) is 0 Å². The van der Waals surface area contributed by atoms with E-state index >= 15 is 0 Å². The van der Waals surface area contributed by atoms with Crippen LogP contribution in [0.1, 0.15) is 40.5 Å².